The molecule has 0 saturated carbocycles. The Morgan fingerprint density at radius 2 is 2.09 bits per heavy atom. The molecule has 3 aromatic rings. The number of H-pyrrole nitrogens is 1. The first-order valence-corrected chi connectivity index (χ1v) is 8.12. The average molecular weight is 307 g/mol. The topological polar surface area (TPSA) is 56.8 Å². The van der Waals surface area contributed by atoms with Crippen LogP contribution in [0.2, 0.25) is 0 Å². The Bertz CT molecular complexity index is 782. The van der Waals surface area contributed by atoms with Crippen molar-refractivity contribution in [3.63, 3.8) is 0 Å². The third-order valence-electron chi connectivity index (χ3n) is 4.63. The Hall–Kier alpha value is -2.40. The van der Waals surface area contributed by atoms with Crippen LogP contribution >= 0.6 is 0 Å². The molecule has 1 saturated heterocycles. The molecule has 0 radical (unpaired) electrons. The zero-order chi connectivity index (χ0) is 15.6. The molecule has 1 aliphatic rings. The number of fused-ring (bicyclic) bond motifs is 1. The van der Waals surface area contributed by atoms with Crippen LogP contribution in [-0.4, -0.2) is 38.5 Å². The van der Waals surface area contributed by atoms with Crippen LogP contribution in [0.25, 0.3) is 11.0 Å². The third-order valence-corrected chi connectivity index (χ3v) is 4.63. The molecule has 1 aliphatic heterocycles. The first-order valence-electron chi connectivity index (χ1n) is 8.12. The van der Waals surface area contributed by atoms with Crippen LogP contribution in [0.1, 0.15) is 18.9 Å². The number of aromatic nitrogens is 3. The Balaban J connectivity index is 1.46. The normalized spacial score (nSPS) is 21.8. The lowest BCUT2D eigenvalue weighted by molar-refractivity contribution is 0.259. The number of aromatic amines is 1. The van der Waals surface area contributed by atoms with Gasteiger partial charge in [0.1, 0.15) is 17.8 Å². The number of hydrogen-bond acceptors (Lipinski definition) is 4. The van der Waals surface area contributed by atoms with Crippen molar-refractivity contribution in [1.29, 1.82) is 0 Å². The van der Waals surface area contributed by atoms with E-state index in [1.165, 1.54) is 5.56 Å². The smallest absolute Gasteiger partial charge is 0.142 e. The van der Waals surface area contributed by atoms with E-state index in [0.29, 0.717) is 12.1 Å². The summed E-state index contributed by atoms with van der Waals surface area (Å²) in [6.45, 7) is 4.34. The molecule has 5 heteroatoms. The van der Waals surface area contributed by atoms with Crippen LogP contribution < -0.4 is 5.32 Å². The van der Waals surface area contributed by atoms with Gasteiger partial charge in [-0.15, -0.1) is 0 Å². The largest absolute Gasteiger partial charge is 0.365 e. The van der Waals surface area contributed by atoms with Crippen molar-refractivity contribution in [2.45, 2.75) is 32.0 Å². The van der Waals surface area contributed by atoms with Gasteiger partial charge >= 0.3 is 0 Å². The number of rotatable bonds is 4. The number of hydrogen-bond donors (Lipinski definition) is 2. The lowest BCUT2D eigenvalue weighted by atomic mass is 10.2. The Labute approximate surface area is 135 Å². The predicted octanol–water partition coefficient (Wildman–Crippen LogP) is 3.03. The van der Waals surface area contributed by atoms with Gasteiger partial charge in [-0.2, -0.15) is 0 Å². The van der Waals surface area contributed by atoms with Gasteiger partial charge in [-0.05, 0) is 25.0 Å². The van der Waals surface area contributed by atoms with Crippen molar-refractivity contribution in [2.24, 2.45) is 0 Å². The summed E-state index contributed by atoms with van der Waals surface area (Å²) < 4.78 is 0. The maximum Gasteiger partial charge on any atom is 0.142 e. The number of benzene rings is 1. The lowest BCUT2D eigenvalue weighted by Crippen LogP contribution is -2.28. The van der Waals surface area contributed by atoms with Crippen molar-refractivity contribution in [3.05, 3.63) is 54.5 Å². The molecule has 0 spiro atoms. The molecule has 1 aromatic carbocycles. The number of likely N-dealkylation sites (tertiary alicyclic amines) is 1. The minimum absolute atomic E-state index is 0.418. The monoisotopic (exact) mass is 307 g/mol. The van der Waals surface area contributed by atoms with Gasteiger partial charge in [-0.3, -0.25) is 4.90 Å². The quantitative estimate of drug-likeness (QED) is 0.778. The summed E-state index contributed by atoms with van der Waals surface area (Å²) in [6, 6.07) is 13.7. The number of anilines is 1. The third kappa shape index (κ3) is 2.92. The SMILES string of the molecule is C[C@@H]1C[C@H](Nc2ncnc3[nH]ccc23)CN1Cc1ccccc1. The highest BCUT2D eigenvalue weighted by molar-refractivity contribution is 5.86. The van der Waals surface area contributed by atoms with Gasteiger partial charge in [-0.25, -0.2) is 9.97 Å². The summed E-state index contributed by atoms with van der Waals surface area (Å²) in [5.74, 6) is 0.926. The molecule has 0 amide bonds. The Morgan fingerprint density at radius 1 is 1.22 bits per heavy atom. The molecule has 118 valence electrons. The summed E-state index contributed by atoms with van der Waals surface area (Å²) in [5, 5.41) is 4.66. The van der Waals surface area contributed by atoms with Gasteiger partial charge in [-0.1, -0.05) is 30.3 Å². The van der Waals surface area contributed by atoms with E-state index in [2.05, 4.69) is 62.4 Å². The summed E-state index contributed by atoms with van der Waals surface area (Å²) in [7, 11) is 0. The second-order valence-electron chi connectivity index (χ2n) is 6.30. The minimum atomic E-state index is 0.418. The van der Waals surface area contributed by atoms with E-state index in [4.69, 9.17) is 0 Å². The fourth-order valence-corrected chi connectivity index (χ4v) is 3.42. The zero-order valence-corrected chi connectivity index (χ0v) is 13.2. The van der Waals surface area contributed by atoms with E-state index >= 15 is 0 Å². The summed E-state index contributed by atoms with van der Waals surface area (Å²) in [5.41, 5.74) is 2.25. The zero-order valence-electron chi connectivity index (χ0n) is 13.2. The van der Waals surface area contributed by atoms with Crippen LogP contribution in [0, 0.1) is 0 Å². The molecule has 0 bridgehead atoms. The van der Waals surface area contributed by atoms with E-state index in [1.807, 2.05) is 12.3 Å². The molecule has 2 N–H and O–H groups in total. The van der Waals surface area contributed by atoms with Crippen LogP contribution in [0.15, 0.2) is 48.9 Å². The maximum absolute atomic E-state index is 4.42. The van der Waals surface area contributed by atoms with Gasteiger partial charge < -0.3 is 10.3 Å². The van der Waals surface area contributed by atoms with Crippen LogP contribution in [-0.2, 0) is 6.54 Å². The fraction of sp³-hybridized carbons (Fsp3) is 0.333. The second-order valence-corrected chi connectivity index (χ2v) is 6.30. The van der Waals surface area contributed by atoms with Crippen LogP contribution in [0.4, 0.5) is 5.82 Å². The van der Waals surface area contributed by atoms with Gasteiger partial charge in [0.2, 0.25) is 0 Å². The molecule has 4 rings (SSSR count). The fourth-order valence-electron chi connectivity index (χ4n) is 3.42. The van der Waals surface area contributed by atoms with E-state index in [9.17, 15) is 0 Å². The highest BCUT2D eigenvalue weighted by Gasteiger charge is 2.29. The molecular formula is C18H21N5. The maximum atomic E-state index is 4.42. The summed E-state index contributed by atoms with van der Waals surface area (Å²) in [6.07, 6.45) is 4.65. The average Bonchev–Trinajstić information content (AvgIpc) is 3.16. The molecule has 1 fully saturated rings. The van der Waals surface area contributed by atoms with Crippen molar-refractivity contribution >= 4 is 16.9 Å². The van der Waals surface area contributed by atoms with Gasteiger partial charge in [0.25, 0.3) is 0 Å². The van der Waals surface area contributed by atoms with Gasteiger partial charge in [0.05, 0.1) is 5.39 Å². The van der Waals surface area contributed by atoms with Crippen LogP contribution in [0.3, 0.4) is 0 Å². The first-order chi connectivity index (χ1) is 11.3. The molecule has 0 unspecified atom stereocenters. The number of nitrogens with one attached hydrogen (secondary N) is 2. The molecule has 2 atom stereocenters. The second kappa shape index (κ2) is 6.01. The Kier molecular flexibility index (Phi) is 3.71. The van der Waals surface area contributed by atoms with Crippen molar-refractivity contribution in [1.82, 2.24) is 19.9 Å². The predicted molar refractivity (Wildman–Crippen MR) is 92.2 cm³/mol. The molecule has 2 aromatic heterocycles. The standard InChI is InChI=1S/C18H21N5/c1-13-9-15(11-23(13)10-14-5-3-2-4-6-14)22-18-16-7-8-19-17(16)20-12-21-18/h2-8,12-13,15H,9-11H2,1H3,(H2,19,20,21,22)/t13-,15+/m1/s1. The van der Waals surface area contributed by atoms with Crippen molar-refractivity contribution in [2.75, 3.05) is 11.9 Å². The molecule has 3 heterocycles. The van der Waals surface area contributed by atoms with Crippen LogP contribution in [0.5, 0.6) is 0 Å². The first kappa shape index (κ1) is 14.2. The number of nitrogens with zero attached hydrogens (tertiary/aromatic N) is 3. The molecule has 5 nitrogen and oxygen atoms in total. The van der Waals surface area contributed by atoms with Gasteiger partial charge in [0, 0.05) is 31.4 Å². The van der Waals surface area contributed by atoms with Crippen molar-refractivity contribution in [3.8, 4) is 0 Å². The van der Waals surface area contributed by atoms with Crippen molar-refractivity contribution < 1.29 is 0 Å². The Morgan fingerprint density at radius 3 is 2.96 bits per heavy atom. The molecule has 0 aliphatic carbocycles. The van der Waals surface area contributed by atoms with Gasteiger partial charge in [0.15, 0.2) is 0 Å². The summed E-state index contributed by atoms with van der Waals surface area (Å²) in [4.78, 5) is 14.3. The summed E-state index contributed by atoms with van der Waals surface area (Å²) >= 11 is 0. The highest BCUT2D eigenvalue weighted by atomic mass is 15.2. The lowest BCUT2D eigenvalue weighted by Gasteiger charge is -2.21. The van der Waals surface area contributed by atoms with E-state index in [-0.39, 0.29) is 0 Å². The highest BCUT2D eigenvalue weighted by Crippen LogP contribution is 2.25. The minimum Gasteiger partial charge on any atom is -0.365 e. The van der Waals surface area contributed by atoms with E-state index in [0.717, 1.165) is 36.4 Å². The van der Waals surface area contributed by atoms with E-state index < -0.39 is 0 Å². The molecule has 23 heavy (non-hydrogen) atoms. The molecular weight excluding hydrogens is 286 g/mol. The van der Waals surface area contributed by atoms with E-state index in [1.54, 1.807) is 6.33 Å².